The lowest BCUT2D eigenvalue weighted by molar-refractivity contribution is -0.126. The monoisotopic (exact) mass is 365 g/mol. The van der Waals surface area contributed by atoms with Crippen LogP contribution in [-0.4, -0.2) is 56.7 Å². The topological polar surface area (TPSA) is 44.8 Å². The van der Waals surface area contributed by atoms with Crippen molar-refractivity contribution in [2.45, 2.75) is 6.42 Å². The number of carbonyl (C=O) groups excluding carboxylic acids is 1. The average Bonchev–Trinajstić information content (AvgIpc) is 2.74. The Kier molecular flexibility index (Phi) is 5.58. The number of nitrogens with zero attached hydrogens (tertiary/aromatic N) is 2. The molecule has 1 fully saturated rings. The molecule has 1 N–H and O–H groups in total. The van der Waals surface area contributed by atoms with Gasteiger partial charge in [0, 0.05) is 45.0 Å². The van der Waals surface area contributed by atoms with Crippen molar-refractivity contribution in [1.29, 1.82) is 0 Å². The largest absolute Gasteiger partial charge is 0.492 e. The maximum atomic E-state index is 12.5. The minimum absolute atomic E-state index is 0.0881. The van der Waals surface area contributed by atoms with E-state index in [9.17, 15) is 4.79 Å². The first-order valence-corrected chi connectivity index (χ1v) is 9.80. The van der Waals surface area contributed by atoms with E-state index in [2.05, 4.69) is 45.4 Å². The number of hydrogen-bond donors (Lipinski definition) is 1. The van der Waals surface area contributed by atoms with Crippen molar-refractivity contribution in [2.75, 3.05) is 50.8 Å². The molecule has 4 rings (SSSR count). The van der Waals surface area contributed by atoms with E-state index in [0.29, 0.717) is 13.2 Å². The Labute approximate surface area is 160 Å². The zero-order valence-electron chi connectivity index (χ0n) is 15.6. The number of carbonyl (C=O) groups is 1. The molecule has 5 nitrogen and oxygen atoms in total. The highest BCUT2D eigenvalue weighted by Gasteiger charge is 2.25. The summed E-state index contributed by atoms with van der Waals surface area (Å²) in [7, 11) is 0. The molecule has 2 heterocycles. The Morgan fingerprint density at radius 2 is 1.74 bits per heavy atom. The fourth-order valence-electron chi connectivity index (χ4n) is 3.85. The van der Waals surface area contributed by atoms with Crippen molar-refractivity contribution in [3.63, 3.8) is 0 Å². The standard InChI is InChI=1S/C22H27N3O2/c26-22(19-16-18-6-4-5-9-21(18)27-17-19)23-10-11-24-12-14-25(15-13-24)20-7-2-1-3-8-20/h1-9,19H,10-17H2,(H,23,26). The van der Waals surface area contributed by atoms with E-state index >= 15 is 0 Å². The average molecular weight is 365 g/mol. The first-order chi connectivity index (χ1) is 13.3. The first kappa shape index (κ1) is 17.9. The molecule has 0 radical (unpaired) electrons. The molecule has 2 aromatic rings. The van der Waals surface area contributed by atoms with Crippen LogP contribution in [0.1, 0.15) is 5.56 Å². The maximum Gasteiger partial charge on any atom is 0.226 e. The van der Waals surface area contributed by atoms with Crippen LogP contribution in [0.4, 0.5) is 5.69 Å². The van der Waals surface area contributed by atoms with Gasteiger partial charge in [-0.2, -0.15) is 0 Å². The molecule has 2 aromatic carbocycles. The lowest BCUT2D eigenvalue weighted by Gasteiger charge is -2.36. The molecule has 1 unspecified atom stereocenters. The van der Waals surface area contributed by atoms with E-state index in [1.165, 1.54) is 5.69 Å². The number of benzene rings is 2. The molecule has 142 valence electrons. The number of hydrogen-bond acceptors (Lipinski definition) is 4. The van der Waals surface area contributed by atoms with Gasteiger partial charge in [0.05, 0.1) is 5.92 Å². The fourth-order valence-corrected chi connectivity index (χ4v) is 3.85. The quantitative estimate of drug-likeness (QED) is 0.882. The zero-order chi connectivity index (χ0) is 18.5. The second kappa shape index (κ2) is 8.44. The minimum Gasteiger partial charge on any atom is -0.492 e. The van der Waals surface area contributed by atoms with E-state index in [1.807, 2.05) is 24.3 Å². The number of anilines is 1. The summed E-state index contributed by atoms with van der Waals surface area (Å²) in [5.41, 5.74) is 2.42. The van der Waals surface area contributed by atoms with Crippen molar-refractivity contribution in [2.24, 2.45) is 5.92 Å². The highest BCUT2D eigenvalue weighted by molar-refractivity contribution is 5.79. The Hall–Kier alpha value is -2.53. The minimum atomic E-state index is -0.0881. The Morgan fingerprint density at radius 3 is 2.56 bits per heavy atom. The summed E-state index contributed by atoms with van der Waals surface area (Å²) in [6.45, 7) is 6.20. The van der Waals surface area contributed by atoms with Crippen LogP contribution >= 0.6 is 0 Å². The third kappa shape index (κ3) is 4.42. The van der Waals surface area contributed by atoms with E-state index in [0.717, 1.165) is 50.5 Å². The SMILES string of the molecule is O=C(NCCN1CCN(c2ccccc2)CC1)C1COc2ccccc2C1. The van der Waals surface area contributed by atoms with E-state index < -0.39 is 0 Å². The van der Waals surface area contributed by atoms with Crippen molar-refractivity contribution in [3.05, 3.63) is 60.2 Å². The molecule has 0 saturated carbocycles. The number of rotatable bonds is 5. The van der Waals surface area contributed by atoms with E-state index in [-0.39, 0.29) is 11.8 Å². The molecule has 2 aliphatic heterocycles. The molecule has 1 amide bonds. The van der Waals surface area contributed by atoms with Crippen LogP contribution in [0.15, 0.2) is 54.6 Å². The highest BCUT2D eigenvalue weighted by Crippen LogP contribution is 2.26. The van der Waals surface area contributed by atoms with Crippen LogP contribution < -0.4 is 15.0 Å². The molecule has 0 bridgehead atoms. The van der Waals surface area contributed by atoms with Crippen molar-refractivity contribution in [3.8, 4) is 5.75 Å². The highest BCUT2D eigenvalue weighted by atomic mass is 16.5. The Balaban J connectivity index is 1.18. The van der Waals surface area contributed by atoms with Crippen LogP contribution in [0, 0.1) is 5.92 Å². The van der Waals surface area contributed by atoms with Gasteiger partial charge in [-0.15, -0.1) is 0 Å². The predicted molar refractivity (Wildman–Crippen MR) is 107 cm³/mol. The molecule has 27 heavy (non-hydrogen) atoms. The number of fused-ring (bicyclic) bond motifs is 1. The van der Waals surface area contributed by atoms with Crippen LogP contribution in [0.25, 0.3) is 0 Å². The Bertz CT molecular complexity index is 757. The lowest BCUT2D eigenvalue weighted by Crippen LogP contribution is -2.49. The van der Waals surface area contributed by atoms with Gasteiger partial charge in [0.2, 0.25) is 5.91 Å². The third-order valence-corrected chi connectivity index (χ3v) is 5.47. The summed E-state index contributed by atoms with van der Waals surface area (Å²) in [6.07, 6.45) is 0.762. The van der Waals surface area contributed by atoms with Gasteiger partial charge in [-0.25, -0.2) is 0 Å². The number of para-hydroxylation sites is 2. The van der Waals surface area contributed by atoms with Crippen LogP contribution in [-0.2, 0) is 11.2 Å². The summed E-state index contributed by atoms with van der Waals surface area (Å²) >= 11 is 0. The van der Waals surface area contributed by atoms with Gasteiger partial charge in [0.15, 0.2) is 0 Å². The maximum absolute atomic E-state index is 12.5. The zero-order valence-corrected chi connectivity index (χ0v) is 15.6. The third-order valence-electron chi connectivity index (χ3n) is 5.47. The van der Waals surface area contributed by atoms with Crippen molar-refractivity contribution >= 4 is 11.6 Å². The predicted octanol–water partition coefficient (Wildman–Crippen LogP) is 2.18. The summed E-state index contributed by atoms with van der Waals surface area (Å²) < 4.78 is 5.73. The number of piperazine rings is 1. The summed E-state index contributed by atoms with van der Waals surface area (Å²) in [6, 6.07) is 18.5. The van der Waals surface area contributed by atoms with E-state index in [4.69, 9.17) is 4.74 Å². The van der Waals surface area contributed by atoms with Gasteiger partial charge >= 0.3 is 0 Å². The smallest absolute Gasteiger partial charge is 0.226 e. The Morgan fingerprint density at radius 1 is 1.00 bits per heavy atom. The molecule has 1 atom stereocenters. The number of ether oxygens (including phenoxy) is 1. The van der Waals surface area contributed by atoms with Gasteiger partial charge in [-0.3, -0.25) is 9.69 Å². The fraction of sp³-hybridized carbons (Fsp3) is 0.409. The number of nitrogens with one attached hydrogen (secondary N) is 1. The lowest BCUT2D eigenvalue weighted by atomic mass is 9.96. The van der Waals surface area contributed by atoms with Gasteiger partial charge < -0.3 is 15.0 Å². The number of amides is 1. The molecule has 2 aliphatic rings. The van der Waals surface area contributed by atoms with Crippen LogP contribution in [0.5, 0.6) is 5.75 Å². The summed E-state index contributed by atoms with van der Waals surface area (Å²) in [5.74, 6) is 0.931. The van der Waals surface area contributed by atoms with Gasteiger partial charge in [0.25, 0.3) is 0 Å². The van der Waals surface area contributed by atoms with Gasteiger partial charge in [0.1, 0.15) is 12.4 Å². The molecular weight excluding hydrogens is 338 g/mol. The summed E-state index contributed by atoms with van der Waals surface area (Å²) in [4.78, 5) is 17.3. The molecule has 5 heteroatoms. The van der Waals surface area contributed by atoms with Crippen molar-refractivity contribution in [1.82, 2.24) is 10.2 Å². The molecule has 0 aliphatic carbocycles. The molecule has 0 spiro atoms. The van der Waals surface area contributed by atoms with Gasteiger partial charge in [-0.1, -0.05) is 36.4 Å². The molecule has 0 aromatic heterocycles. The second-order valence-corrected chi connectivity index (χ2v) is 7.28. The van der Waals surface area contributed by atoms with Crippen molar-refractivity contribution < 1.29 is 9.53 Å². The first-order valence-electron chi connectivity index (χ1n) is 9.80. The van der Waals surface area contributed by atoms with Crippen LogP contribution in [0.2, 0.25) is 0 Å². The normalized spacial score (nSPS) is 19.9. The second-order valence-electron chi connectivity index (χ2n) is 7.28. The van der Waals surface area contributed by atoms with Gasteiger partial charge in [-0.05, 0) is 30.2 Å². The van der Waals surface area contributed by atoms with Crippen LogP contribution in [0.3, 0.4) is 0 Å². The molecular formula is C22H27N3O2. The van der Waals surface area contributed by atoms with E-state index in [1.54, 1.807) is 0 Å². The summed E-state index contributed by atoms with van der Waals surface area (Å²) in [5, 5.41) is 3.10. The molecule has 1 saturated heterocycles.